The summed E-state index contributed by atoms with van der Waals surface area (Å²) in [6.07, 6.45) is 0. The van der Waals surface area contributed by atoms with Crippen molar-refractivity contribution < 1.29 is 9.18 Å². The molecule has 0 spiro atoms. The number of aliphatic imine (C=N–C) groups is 1. The van der Waals surface area contributed by atoms with Crippen LogP contribution >= 0.6 is 0 Å². The quantitative estimate of drug-likeness (QED) is 0.639. The van der Waals surface area contributed by atoms with Crippen LogP contribution in [0, 0.1) is 18.7 Å². The molecule has 0 aromatic heterocycles. The van der Waals surface area contributed by atoms with Gasteiger partial charge in [-0.05, 0) is 24.1 Å². The van der Waals surface area contributed by atoms with Crippen molar-refractivity contribution in [2.45, 2.75) is 27.3 Å². The number of urea groups is 1. The normalized spacial score (nSPS) is 11.7. The second kappa shape index (κ2) is 6.14. The van der Waals surface area contributed by atoms with Crippen LogP contribution in [-0.4, -0.2) is 11.9 Å². The lowest BCUT2D eigenvalue weighted by atomic mass is 10.1. The van der Waals surface area contributed by atoms with E-state index in [1.807, 2.05) is 13.8 Å². The number of halogens is 1. The van der Waals surface area contributed by atoms with Crippen LogP contribution in [0.4, 0.5) is 9.18 Å². The number of carbonyl (C=O) groups excluding carboxylic acids is 1. The molecule has 0 aliphatic heterocycles. The fourth-order valence-electron chi connectivity index (χ4n) is 1.21. The number of hydrogen-bond acceptors (Lipinski definition) is 1. The van der Waals surface area contributed by atoms with Crippen LogP contribution in [0.3, 0.4) is 0 Å². The molecule has 1 rings (SSSR count). The molecule has 0 bridgehead atoms. The first-order chi connectivity index (χ1) is 8.40. The lowest BCUT2D eigenvalue weighted by Gasteiger charge is -2.06. The predicted octanol–water partition coefficient (Wildman–Crippen LogP) is 2.36. The number of amides is 2. The highest BCUT2D eigenvalue weighted by Crippen LogP contribution is 2.08. The Morgan fingerprint density at radius 1 is 1.50 bits per heavy atom. The number of aryl methyl sites for hydroxylation is 1. The third kappa shape index (κ3) is 4.16. The predicted molar refractivity (Wildman–Crippen MR) is 69.8 cm³/mol. The Morgan fingerprint density at radius 3 is 2.72 bits per heavy atom. The summed E-state index contributed by atoms with van der Waals surface area (Å²) in [6, 6.07) is 4.31. The molecular formula is C13H18FN3O. The minimum Gasteiger partial charge on any atom is -0.387 e. The summed E-state index contributed by atoms with van der Waals surface area (Å²) in [7, 11) is 0. The topological polar surface area (TPSA) is 67.5 Å². The van der Waals surface area contributed by atoms with Crippen molar-refractivity contribution in [2.24, 2.45) is 16.6 Å². The van der Waals surface area contributed by atoms with Crippen molar-refractivity contribution in [3.63, 3.8) is 0 Å². The minimum atomic E-state index is -0.512. The Bertz CT molecular complexity index is 469. The molecule has 0 fully saturated rings. The van der Waals surface area contributed by atoms with E-state index in [9.17, 15) is 9.18 Å². The van der Waals surface area contributed by atoms with Gasteiger partial charge in [-0.1, -0.05) is 26.0 Å². The minimum absolute atomic E-state index is 0.0209. The molecule has 98 valence electrons. The number of nitrogens with zero attached hydrogens (tertiary/aromatic N) is 1. The zero-order valence-corrected chi connectivity index (χ0v) is 10.8. The van der Waals surface area contributed by atoms with Crippen LogP contribution < -0.4 is 11.1 Å². The highest BCUT2D eigenvalue weighted by atomic mass is 19.1. The fourth-order valence-corrected chi connectivity index (χ4v) is 1.21. The average Bonchev–Trinajstić information content (AvgIpc) is 2.30. The van der Waals surface area contributed by atoms with Gasteiger partial charge < -0.3 is 11.1 Å². The Morgan fingerprint density at radius 2 is 2.17 bits per heavy atom. The Labute approximate surface area is 106 Å². The lowest BCUT2D eigenvalue weighted by molar-refractivity contribution is 0.249. The van der Waals surface area contributed by atoms with E-state index in [4.69, 9.17) is 5.73 Å². The number of hydrogen-bond donors (Lipinski definition) is 2. The van der Waals surface area contributed by atoms with Crippen molar-refractivity contribution >= 4 is 11.9 Å². The van der Waals surface area contributed by atoms with Crippen LogP contribution in [0.2, 0.25) is 0 Å². The number of amidine groups is 1. The van der Waals surface area contributed by atoms with E-state index in [0.717, 1.165) is 0 Å². The second-order valence-electron chi connectivity index (χ2n) is 4.43. The molecule has 1 aromatic rings. The Balaban J connectivity index is 2.58. The molecule has 0 heterocycles. The first-order valence-corrected chi connectivity index (χ1v) is 5.77. The first-order valence-electron chi connectivity index (χ1n) is 5.77. The molecule has 1 aromatic carbocycles. The second-order valence-corrected chi connectivity index (χ2v) is 4.43. The monoisotopic (exact) mass is 251 g/mol. The average molecular weight is 251 g/mol. The van der Waals surface area contributed by atoms with Gasteiger partial charge >= 0.3 is 6.03 Å². The Hall–Kier alpha value is -1.91. The molecule has 0 unspecified atom stereocenters. The number of nitrogens with one attached hydrogen (secondary N) is 1. The van der Waals surface area contributed by atoms with Gasteiger partial charge in [0.25, 0.3) is 0 Å². The molecule has 0 atom stereocenters. The first kappa shape index (κ1) is 14.2. The van der Waals surface area contributed by atoms with Crippen molar-refractivity contribution in [1.29, 1.82) is 0 Å². The van der Waals surface area contributed by atoms with Gasteiger partial charge in [-0.3, -0.25) is 0 Å². The zero-order valence-electron chi connectivity index (χ0n) is 10.8. The molecule has 0 aliphatic carbocycles. The molecule has 4 nitrogen and oxygen atoms in total. The van der Waals surface area contributed by atoms with Gasteiger partial charge in [0.15, 0.2) is 0 Å². The third-order valence-corrected chi connectivity index (χ3v) is 2.50. The molecule has 5 heteroatoms. The van der Waals surface area contributed by atoms with Gasteiger partial charge in [0.1, 0.15) is 11.7 Å². The third-order valence-electron chi connectivity index (χ3n) is 2.50. The fraction of sp³-hybridized carbons (Fsp3) is 0.385. The zero-order chi connectivity index (χ0) is 13.7. The van der Waals surface area contributed by atoms with Gasteiger partial charge in [0.2, 0.25) is 0 Å². The van der Waals surface area contributed by atoms with Gasteiger partial charge in [-0.2, -0.15) is 4.99 Å². The standard InChI is InChI=1S/C13H18FN3O/c1-8(2)12(15)17-13(18)16-7-10-5-4-9(3)11(14)6-10/h4-6,8H,7H2,1-3H3,(H3,15,16,17,18). The summed E-state index contributed by atoms with van der Waals surface area (Å²) in [6.45, 7) is 5.61. The lowest BCUT2D eigenvalue weighted by Crippen LogP contribution is -2.26. The largest absolute Gasteiger partial charge is 0.387 e. The van der Waals surface area contributed by atoms with Crippen LogP contribution in [0.1, 0.15) is 25.0 Å². The highest BCUT2D eigenvalue weighted by molar-refractivity contribution is 5.93. The SMILES string of the molecule is Cc1ccc(CNC(=O)/N=C(/N)C(C)C)cc1F. The Kier molecular flexibility index (Phi) is 4.83. The van der Waals surface area contributed by atoms with Gasteiger partial charge in [-0.15, -0.1) is 0 Å². The molecule has 18 heavy (non-hydrogen) atoms. The summed E-state index contributed by atoms with van der Waals surface area (Å²) in [5.41, 5.74) is 6.82. The van der Waals surface area contributed by atoms with Crippen LogP contribution in [0.5, 0.6) is 0 Å². The van der Waals surface area contributed by atoms with E-state index in [-0.39, 0.29) is 24.1 Å². The van der Waals surface area contributed by atoms with Crippen LogP contribution in [0.25, 0.3) is 0 Å². The van der Waals surface area contributed by atoms with Crippen molar-refractivity contribution in [3.8, 4) is 0 Å². The summed E-state index contributed by atoms with van der Waals surface area (Å²) in [5, 5.41) is 2.56. The molecule has 0 radical (unpaired) electrons. The van der Waals surface area contributed by atoms with Crippen molar-refractivity contribution in [1.82, 2.24) is 5.32 Å². The maximum atomic E-state index is 13.3. The van der Waals surface area contributed by atoms with E-state index in [0.29, 0.717) is 11.1 Å². The molecule has 3 N–H and O–H groups in total. The highest BCUT2D eigenvalue weighted by Gasteiger charge is 2.05. The maximum absolute atomic E-state index is 13.3. The van der Waals surface area contributed by atoms with E-state index < -0.39 is 6.03 Å². The van der Waals surface area contributed by atoms with E-state index >= 15 is 0 Å². The molecule has 2 amide bonds. The number of rotatable bonds is 3. The summed E-state index contributed by atoms with van der Waals surface area (Å²) >= 11 is 0. The van der Waals surface area contributed by atoms with E-state index in [2.05, 4.69) is 10.3 Å². The summed E-state index contributed by atoms with van der Waals surface area (Å²) < 4.78 is 13.3. The van der Waals surface area contributed by atoms with Crippen molar-refractivity contribution in [3.05, 3.63) is 35.1 Å². The molecular weight excluding hydrogens is 233 g/mol. The molecule has 0 saturated carbocycles. The summed E-state index contributed by atoms with van der Waals surface area (Å²) in [5.74, 6) is 0.0158. The van der Waals surface area contributed by atoms with Gasteiger partial charge in [0.05, 0.1) is 0 Å². The molecule has 0 aliphatic rings. The van der Waals surface area contributed by atoms with Gasteiger partial charge in [0, 0.05) is 12.5 Å². The smallest absolute Gasteiger partial charge is 0.342 e. The molecule has 0 saturated heterocycles. The van der Waals surface area contributed by atoms with E-state index in [1.165, 1.54) is 6.07 Å². The van der Waals surface area contributed by atoms with Crippen LogP contribution in [-0.2, 0) is 6.54 Å². The van der Waals surface area contributed by atoms with E-state index in [1.54, 1.807) is 19.1 Å². The number of carbonyl (C=O) groups is 1. The van der Waals surface area contributed by atoms with Crippen molar-refractivity contribution in [2.75, 3.05) is 0 Å². The van der Waals surface area contributed by atoms with Crippen LogP contribution in [0.15, 0.2) is 23.2 Å². The summed E-state index contributed by atoms with van der Waals surface area (Å²) in [4.78, 5) is 15.1. The maximum Gasteiger partial charge on any atom is 0.342 e. The number of nitrogens with two attached hydrogens (primary N) is 1. The number of benzene rings is 1. The van der Waals surface area contributed by atoms with Gasteiger partial charge in [-0.25, -0.2) is 9.18 Å².